The van der Waals surface area contributed by atoms with E-state index >= 15 is 0 Å². The summed E-state index contributed by atoms with van der Waals surface area (Å²) < 4.78 is 0. The van der Waals surface area contributed by atoms with Gasteiger partial charge in [-0.25, -0.2) is 0 Å². The zero-order valence-corrected chi connectivity index (χ0v) is 3.39. The van der Waals surface area contributed by atoms with Crippen LogP contribution in [0.5, 0.6) is 0 Å². The fourth-order valence-electron chi connectivity index (χ4n) is 0.330. The van der Waals surface area contributed by atoms with E-state index in [1.807, 2.05) is 12.2 Å². The minimum absolute atomic E-state index is 0.826. The molecule has 3 radical (unpaired) electrons. The molecule has 0 saturated heterocycles. The van der Waals surface area contributed by atoms with Crippen LogP contribution in [0.15, 0.2) is 18.4 Å². The third kappa shape index (κ3) is 0.692. The van der Waals surface area contributed by atoms with Gasteiger partial charge in [0.15, 0.2) is 0 Å². The number of allylic oxidation sites excluding steroid dienone is 2. The van der Waals surface area contributed by atoms with Gasteiger partial charge in [0.25, 0.3) is 0 Å². The highest BCUT2D eigenvalue weighted by atomic mass is 14.8. The molecule has 1 aliphatic heterocycles. The predicted molar refractivity (Wildman–Crippen MR) is 24.0 cm³/mol. The van der Waals surface area contributed by atoms with Gasteiger partial charge < -0.3 is 0 Å². The molecule has 0 aromatic heterocycles. The van der Waals surface area contributed by atoms with E-state index in [4.69, 9.17) is 0 Å². The minimum Gasteiger partial charge on any atom is -0.0464 e. The quantitative estimate of drug-likeness (QED) is 0.401. The molecule has 6 heavy (non-hydrogen) atoms. The first kappa shape index (κ1) is 3.62. The number of hydrogen-bond donors (Lipinski definition) is 0. The molecule has 0 N–H and O–H groups in total. The Morgan fingerprint density at radius 2 is 2.67 bits per heavy atom. The van der Waals surface area contributed by atoms with Crippen LogP contribution in [0.25, 0.3) is 0 Å². The normalized spacial score (nSPS) is 18.7. The maximum absolute atomic E-state index is 3.85. The lowest BCUT2D eigenvalue weighted by Gasteiger charge is -1.73. The van der Waals surface area contributed by atoms with Gasteiger partial charge in [-0.2, -0.15) is 0 Å². The van der Waals surface area contributed by atoms with Crippen molar-refractivity contribution in [3.8, 4) is 0 Å². The summed E-state index contributed by atoms with van der Waals surface area (Å²) in [6.45, 7) is 0.826. The Hall–Kier alpha value is -0.560. The molecular weight excluding hydrogens is 74.1 g/mol. The molecule has 0 aromatic rings. The van der Waals surface area contributed by atoms with Crippen LogP contribution in [0, 0.1) is 6.08 Å². The van der Waals surface area contributed by atoms with Crippen molar-refractivity contribution in [2.24, 2.45) is 0 Å². The van der Waals surface area contributed by atoms with Gasteiger partial charge in [-0.05, 0) is 12.2 Å². The van der Waals surface area contributed by atoms with Gasteiger partial charge >= 0.3 is 0 Å². The summed E-state index contributed by atoms with van der Waals surface area (Å²) in [5.41, 5.74) is 0. The molecule has 0 bridgehead atoms. The first-order valence-corrected chi connectivity index (χ1v) is 1.89. The predicted octanol–water partition coefficient (Wildman–Crippen LogP) is 0.477. The van der Waals surface area contributed by atoms with E-state index < -0.39 is 0 Å². The molecule has 1 rings (SSSR count). The van der Waals surface area contributed by atoms with Crippen LogP contribution in [0.1, 0.15) is 0 Å². The van der Waals surface area contributed by atoms with Gasteiger partial charge in [-0.1, -0.05) is 0 Å². The second-order valence-corrected chi connectivity index (χ2v) is 1.06. The van der Waals surface area contributed by atoms with Gasteiger partial charge in [0.2, 0.25) is 12.7 Å². The van der Waals surface area contributed by atoms with Crippen molar-refractivity contribution >= 4 is 0 Å². The molecule has 0 atom stereocenters. The Balaban J connectivity index is 2.46. The van der Waals surface area contributed by atoms with Gasteiger partial charge in [0.1, 0.15) is 0 Å². The van der Waals surface area contributed by atoms with E-state index in [9.17, 15) is 0 Å². The Morgan fingerprint density at radius 1 is 1.67 bits per heavy atom. The van der Waals surface area contributed by atoms with Crippen LogP contribution in [-0.4, -0.2) is 6.54 Å². The molecule has 0 fully saturated rings. The first-order chi connectivity index (χ1) is 3.00. The summed E-state index contributed by atoms with van der Waals surface area (Å²) >= 11 is 0. The van der Waals surface area contributed by atoms with Crippen LogP contribution in [0.4, 0.5) is 0 Å². The highest BCUT2D eigenvalue weighted by Crippen LogP contribution is 1.79. The zero-order chi connectivity index (χ0) is 4.24. The standard InChI is InChI=1S/C5H5N/c1-2-4-6-5-3-1/h1-2,5H,4H2/q+1. The summed E-state index contributed by atoms with van der Waals surface area (Å²) in [5, 5.41) is 3.85. The summed E-state index contributed by atoms with van der Waals surface area (Å²) in [6, 6.07) is 0. The van der Waals surface area contributed by atoms with Crippen molar-refractivity contribution in [3.05, 3.63) is 24.4 Å². The second kappa shape index (κ2) is 1.78. The maximum atomic E-state index is 3.85. The Bertz CT molecular complexity index is 69.9. The first-order valence-electron chi connectivity index (χ1n) is 1.89. The van der Waals surface area contributed by atoms with Crippen molar-refractivity contribution in [1.82, 2.24) is 5.32 Å². The lowest BCUT2D eigenvalue weighted by molar-refractivity contribution is 0.946. The van der Waals surface area contributed by atoms with E-state index in [1.165, 1.54) is 0 Å². The Labute approximate surface area is 37.4 Å². The molecule has 1 nitrogen and oxygen atoms in total. The smallest absolute Gasteiger partial charge is 0.0464 e. The van der Waals surface area contributed by atoms with Crippen molar-refractivity contribution < 1.29 is 0 Å². The fourth-order valence-corrected chi connectivity index (χ4v) is 0.330. The lowest BCUT2D eigenvalue weighted by atomic mass is 10.4. The van der Waals surface area contributed by atoms with Gasteiger partial charge in [0, 0.05) is 0 Å². The molecular formula is C5H5N+. The van der Waals surface area contributed by atoms with E-state index in [2.05, 4.69) is 11.4 Å². The largest absolute Gasteiger partial charge is 0.218 e. The van der Waals surface area contributed by atoms with Crippen LogP contribution in [-0.2, 0) is 0 Å². The summed E-state index contributed by atoms with van der Waals surface area (Å²) in [5.74, 6) is 0. The van der Waals surface area contributed by atoms with E-state index in [0.717, 1.165) is 6.54 Å². The third-order valence-electron chi connectivity index (χ3n) is 0.591. The van der Waals surface area contributed by atoms with Gasteiger partial charge in [-0.3, -0.25) is 0 Å². The average Bonchev–Trinajstić information content (AvgIpc) is 1.72. The number of rotatable bonds is 0. The minimum atomic E-state index is 0.826. The van der Waals surface area contributed by atoms with Gasteiger partial charge in [-0.15, -0.1) is 0 Å². The van der Waals surface area contributed by atoms with Crippen LogP contribution >= 0.6 is 0 Å². The molecule has 1 heterocycles. The number of hydrogen-bond acceptors (Lipinski definition) is 0. The maximum Gasteiger partial charge on any atom is 0.218 e. The topological polar surface area (TPSA) is 14.1 Å². The van der Waals surface area contributed by atoms with E-state index in [1.54, 1.807) is 6.20 Å². The van der Waals surface area contributed by atoms with Crippen LogP contribution in [0.3, 0.4) is 0 Å². The Morgan fingerprint density at radius 3 is 2.83 bits per heavy atom. The van der Waals surface area contributed by atoms with Crippen LogP contribution in [0.2, 0.25) is 0 Å². The molecule has 0 aliphatic carbocycles. The molecule has 0 spiro atoms. The summed E-state index contributed by atoms with van der Waals surface area (Å²) in [6.07, 6.45) is 8.32. The zero-order valence-electron chi connectivity index (χ0n) is 3.39. The summed E-state index contributed by atoms with van der Waals surface area (Å²) in [4.78, 5) is 0. The highest BCUT2D eigenvalue weighted by molar-refractivity contribution is 5.00. The van der Waals surface area contributed by atoms with Crippen molar-refractivity contribution in [2.45, 2.75) is 0 Å². The molecule has 0 amide bonds. The van der Waals surface area contributed by atoms with E-state index in [0.29, 0.717) is 0 Å². The molecule has 1 heteroatoms. The molecule has 0 aromatic carbocycles. The summed E-state index contributed by atoms with van der Waals surface area (Å²) in [7, 11) is 0. The molecule has 1 aliphatic rings. The third-order valence-corrected chi connectivity index (χ3v) is 0.591. The van der Waals surface area contributed by atoms with Crippen molar-refractivity contribution in [2.75, 3.05) is 6.54 Å². The fraction of sp³-hybridized carbons (Fsp3) is 0.200. The van der Waals surface area contributed by atoms with Crippen molar-refractivity contribution in [1.29, 1.82) is 0 Å². The molecule has 0 unspecified atom stereocenters. The monoisotopic (exact) mass is 79.0 g/mol. The van der Waals surface area contributed by atoms with Crippen LogP contribution < -0.4 is 5.32 Å². The molecule has 0 saturated carbocycles. The second-order valence-electron chi connectivity index (χ2n) is 1.06. The Kier molecular flexibility index (Phi) is 1.07. The lowest BCUT2D eigenvalue weighted by Crippen LogP contribution is -1.96. The SMILES string of the molecule is [C]1=C[N+]CC=C1. The highest BCUT2D eigenvalue weighted by Gasteiger charge is 1.94. The molecule has 29 valence electrons. The van der Waals surface area contributed by atoms with E-state index in [-0.39, 0.29) is 0 Å². The average molecular weight is 79.1 g/mol. The van der Waals surface area contributed by atoms with Crippen molar-refractivity contribution in [3.63, 3.8) is 0 Å². The number of nitrogens with zero attached hydrogens (tertiary/aromatic N) is 1. The van der Waals surface area contributed by atoms with Gasteiger partial charge in [0.05, 0.1) is 11.4 Å².